The quantitative estimate of drug-likeness (QED) is 0.454. The number of benzene rings is 1. The molecule has 3 rings (SSSR count). The molecule has 0 aliphatic heterocycles. The van der Waals surface area contributed by atoms with Crippen molar-refractivity contribution < 1.29 is 27.9 Å². The lowest BCUT2D eigenvalue weighted by Gasteiger charge is -2.24. The Morgan fingerprint density at radius 2 is 1.94 bits per heavy atom. The maximum atomic E-state index is 13.2. The van der Waals surface area contributed by atoms with Crippen LogP contribution in [0.25, 0.3) is 0 Å². The molecule has 10 nitrogen and oxygen atoms in total. The van der Waals surface area contributed by atoms with Crippen molar-refractivity contribution in [3.63, 3.8) is 0 Å². The molecular weight excluding hydrogens is 460 g/mol. The Morgan fingerprint density at radius 1 is 1.26 bits per heavy atom. The lowest BCUT2D eigenvalue weighted by Crippen LogP contribution is -2.32. The lowest BCUT2D eigenvalue weighted by molar-refractivity contribution is -0.122. The van der Waals surface area contributed by atoms with Gasteiger partial charge in [0.05, 0.1) is 6.04 Å². The second kappa shape index (κ2) is 10.1. The van der Waals surface area contributed by atoms with Gasteiger partial charge in [0.2, 0.25) is 21.8 Å². The van der Waals surface area contributed by atoms with Gasteiger partial charge in [0.15, 0.2) is 5.69 Å². The third kappa shape index (κ3) is 5.41. The van der Waals surface area contributed by atoms with Gasteiger partial charge in [0.1, 0.15) is 10.6 Å². The smallest absolute Gasteiger partial charge is 0.356 e. The predicted octanol–water partition coefficient (Wildman–Crippen LogP) is 4.08. The molecule has 1 aliphatic rings. The van der Waals surface area contributed by atoms with E-state index in [-0.39, 0.29) is 51.7 Å². The first-order valence-electron chi connectivity index (χ1n) is 11.4. The van der Waals surface area contributed by atoms with Gasteiger partial charge in [0, 0.05) is 23.2 Å². The highest BCUT2D eigenvalue weighted by Gasteiger charge is 2.29. The monoisotopic (exact) mass is 492 g/mol. The number of hydrogen-bond acceptors (Lipinski definition) is 6. The van der Waals surface area contributed by atoms with Gasteiger partial charge >= 0.3 is 5.97 Å². The van der Waals surface area contributed by atoms with Crippen molar-refractivity contribution in [3.8, 4) is 11.6 Å². The third-order valence-electron chi connectivity index (χ3n) is 5.94. The summed E-state index contributed by atoms with van der Waals surface area (Å²) in [5.41, 5.74) is 0.450. The predicted molar refractivity (Wildman–Crippen MR) is 127 cm³/mol. The van der Waals surface area contributed by atoms with Crippen LogP contribution in [0.5, 0.6) is 11.6 Å². The highest BCUT2D eigenvalue weighted by Crippen LogP contribution is 2.36. The fourth-order valence-electron chi connectivity index (χ4n) is 3.49. The Morgan fingerprint density at radius 3 is 2.47 bits per heavy atom. The van der Waals surface area contributed by atoms with Crippen LogP contribution in [-0.4, -0.2) is 41.2 Å². The minimum atomic E-state index is -4.02. The maximum absolute atomic E-state index is 13.2. The molecule has 0 unspecified atom stereocenters. The molecular formula is C23H32N4O6S. The molecule has 1 atom stereocenters. The first-order chi connectivity index (χ1) is 15.9. The first kappa shape index (κ1) is 25.7. The molecule has 11 heteroatoms. The van der Waals surface area contributed by atoms with Crippen molar-refractivity contribution in [2.24, 2.45) is 5.92 Å². The summed E-state index contributed by atoms with van der Waals surface area (Å²) < 4.78 is 36.5. The third-order valence-corrected chi connectivity index (χ3v) is 7.55. The molecule has 0 radical (unpaired) electrons. The molecule has 0 bridgehead atoms. The van der Waals surface area contributed by atoms with E-state index in [9.17, 15) is 23.1 Å². The number of carbonyl (C=O) groups is 2. The summed E-state index contributed by atoms with van der Waals surface area (Å²) in [4.78, 5) is 23.8. The van der Waals surface area contributed by atoms with Gasteiger partial charge in [-0.1, -0.05) is 13.3 Å². The second-order valence-electron chi connectivity index (χ2n) is 8.93. The number of sulfonamides is 1. The van der Waals surface area contributed by atoms with Crippen molar-refractivity contribution in [1.82, 2.24) is 14.5 Å². The normalized spacial score (nSPS) is 15.1. The average molecular weight is 493 g/mol. The van der Waals surface area contributed by atoms with E-state index in [0.717, 1.165) is 19.3 Å². The van der Waals surface area contributed by atoms with Gasteiger partial charge in [0.25, 0.3) is 0 Å². The fourth-order valence-corrected chi connectivity index (χ4v) is 4.97. The Hall–Kier alpha value is -2.92. The van der Waals surface area contributed by atoms with Crippen LogP contribution in [-0.2, 0) is 14.8 Å². The molecule has 186 valence electrons. The number of ether oxygens (including phenoxy) is 1. The number of hydrogen-bond donors (Lipinski definition) is 3. The molecule has 1 fully saturated rings. The van der Waals surface area contributed by atoms with Crippen LogP contribution in [0.3, 0.4) is 0 Å². The van der Waals surface area contributed by atoms with Gasteiger partial charge in [-0.05, 0) is 65.2 Å². The Balaban J connectivity index is 2.06. The first-order valence-corrected chi connectivity index (χ1v) is 12.9. The van der Waals surface area contributed by atoms with Crippen LogP contribution in [0.2, 0.25) is 0 Å². The zero-order chi connectivity index (χ0) is 25.2. The summed E-state index contributed by atoms with van der Waals surface area (Å²) in [5.74, 6) is -1.27. The molecule has 0 spiro atoms. The number of carboxylic acid groups (broad SMARTS) is 1. The van der Waals surface area contributed by atoms with E-state index >= 15 is 0 Å². The SMILES string of the molecule is CC[C@@H](C)NS(=O)(=O)c1cc(NC(=O)C2CCC2)ccc1Oc1c(C)c(C(=O)O)nn1C(C)C. The van der Waals surface area contributed by atoms with Crippen molar-refractivity contribution in [2.45, 2.75) is 77.3 Å². The maximum Gasteiger partial charge on any atom is 0.356 e. The number of amides is 1. The van der Waals surface area contributed by atoms with Crippen molar-refractivity contribution in [3.05, 3.63) is 29.5 Å². The fraction of sp³-hybridized carbons (Fsp3) is 0.522. The van der Waals surface area contributed by atoms with E-state index in [1.54, 1.807) is 19.9 Å². The molecule has 3 N–H and O–H groups in total. The van der Waals surface area contributed by atoms with E-state index in [1.165, 1.54) is 16.8 Å². The standard InChI is InChI=1S/C23H32N4O6S/c1-6-14(4)26-34(31,32)19-12-17(24-21(28)16-8-7-9-16)10-11-18(19)33-22-15(5)20(23(29)30)25-27(22)13(2)3/h10-14,16,26H,6-9H2,1-5H3,(H,24,28)(H,29,30)/t14-/m1/s1. The van der Waals surface area contributed by atoms with E-state index in [4.69, 9.17) is 4.74 Å². The summed E-state index contributed by atoms with van der Waals surface area (Å²) in [6, 6.07) is 3.82. The summed E-state index contributed by atoms with van der Waals surface area (Å²) >= 11 is 0. The van der Waals surface area contributed by atoms with Crippen molar-refractivity contribution in [2.75, 3.05) is 5.32 Å². The molecule has 1 saturated carbocycles. The molecule has 1 aromatic carbocycles. The topological polar surface area (TPSA) is 140 Å². The van der Waals surface area contributed by atoms with Crippen LogP contribution in [0, 0.1) is 12.8 Å². The molecule has 1 aliphatic carbocycles. The van der Waals surface area contributed by atoms with E-state index in [1.807, 2.05) is 20.8 Å². The molecule has 1 amide bonds. The largest absolute Gasteiger partial charge is 0.476 e. The van der Waals surface area contributed by atoms with E-state index < -0.39 is 16.0 Å². The summed E-state index contributed by atoms with van der Waals surface area (Å²) in [6.45, 7) is 8.79. The molecule has 1 heterocycles. The Kier molecular flexibility index (Phi) is 7.67. The van der Waals surface area contributed by atoms with E-state index in [0.29, 0.717) is 12.1 Å². The summed E-state index contributed by atoms with van der Waals surface area (Å²) in [6.07, 6.45) is 3.22. The minimum Gasteiger partial charge on any atom is -0.476 e. The number of nitrogens with one attached hydrogen (secondary N) is 2. The Bertz CT molecular complexity index is 1180. The van der Waals surface area contributed by atoms with E-state index in [2.05, 4.69) is 15.1 Å². The molecule has 1 aromatic heterocycles. The highest BCUT2D eigenvalue weighted by molar-refractivity contribution is 7.89. The number of rotatable bonds is 10. The van der Waals surface area contributed by atoms with Gasteiger partial charge in [-0.25, -0.2) is 22.6 Å². The average Bonchev–Trinajstić information content (AvgIpc) is 3.04. The van der Waals surface area contributed by atoms with Gasteiger partial charge in [-0.15, -0.1) is 0 Å². The highest BCUT2D eigenvalue weighted by atomic mass is 32.2. The zero-order valence-corrected chi connectivity index (χ0v) is 20.9. The number of aromatic carboxylic acids is 1. The minimum absolute atomic E-state index is 0.000662. The number of carbonyl (C=O) groups excluding carboxylic acids is 1. The number of carboxylic acids is 1. The van der Waals surface area contributed by atoms with Gasteiger partial charge in [-0.3, -0.25) is 4.79 Å². The van der Waals surface area contributed by atoms with Gasteiger partial charge < -0.3 is 15.2 Å². The number of nitrogens with zero attached hydrogens (tertiary/aromatic N) is 2. The van der Waals surface area contributed by atoms with Crippen LogP contribution in [0.1, 0.15) is 75.5 Å². The molecule has 0 saturated heterocycles. The second-order valence-corrected chi connectivity index (χ2v) is 10.6. The van der Waals surface area contributed by atoms with Crippen LogP contribution < -0.4 is 14.8 Å². The van der Waals surface area contributed by atoms with Gasteiger partial charge in [-0.2, -0.15) is 5.10 Å². The van der Waals surface area contributed by atoms with Crippen molar-refractivity contribution >= 4 is 27.6 Å². The number of aromatic nitrogens is 2. The molecule has 34 heavy (non-hydrogen) atoms. The van der Waals surface area contributed by atoms with Crippen molar-refractivity contribution in [1.29, 1.82) is 0 Å². The van der Waals surface area contributed by atoms with Crippen LogP contribution >= 0.6 is 0 Å². The van der Waals surface area contributed by atoms with Crippen LogP contribution in [0.15, 0.2) is 23.1 Å². The lowest BCUT2D eigenvalue weighted by atomic mass is 9.85. The number of anilines is 1. The molecule has 2 aromatic rings. The summed E-state index contributed by atoms with van der Waals surface area (Å²) in [5, 5.41) is 16.4. The van der Waals surface area contributed by atoms with Crippen LogP contribution in [0.4, 0.5) is 5.69 Å². The zero-order valence-electron chi connectivity index (χ0n) is 20.1. The summed E-state index contributed by atoms with van der Waals surface area (Å²) in [7, 11) is -4.02. The Labute approximate surface area is 199 Å².